The van der Waals surface area contributed by atoms with Gasteiger partial charge >= 0.3 is 0 Å². The quantitative estimate of drug-likeness (QED) is 0.611. The molecule has 1 atom stereocenters. The minimum absolute atomic E-state index is 0.124. The zero-order valence-corrected chi connectivity index (χ0v) is 17.3. The topological polar surface area (TPSA) is 20.3 Å². The average molecular weight is 312 g/mol. The smallest absolute Gasteiger partial charge is 0.219 e. The molecule has 0 aliphatic heterocycles. The molecule has 0 aliphatic rings. The maximum atomic E-state index is 11.8. The van der Waals surface area contributed by atoms with Gasteiger partial charge in [-0.15, -0.1) is 0 Å². The second kappa shape index (κ2) is 6.53. The third-order valence-electron chi connectivity index (χ3n) is 5.60. The molecule has 0 heterocycles. The van der Waals surface area contributed by atoms with E-state index < -0.39 is 0 Å². The second-order valence-corrected chi connectivity index (χ2v) is 10.5. The zero-order valence-electron chi connectivity index (χ0n) is 17.3. The van der Waals surface area contributed by atoms with Crippen molar-refractivity contribution in [1.29, 1.82) is 0 Å². The number of carbonyl (C=O) groups is 1. The number of nitrogens with zero attached hydrogens (tertiary/aromatic N) is 1. The van der Waals surface area contributed by atoms with Crippen LogP contribution in [0.15, 0.2) is 0 Å². The SMILES string of the molecule is CC(=O)N(C)C(C)(C)CC(C)(C)C(C)C(C)(C)CC(C)(C)C. The Labute approximate surface area is 140 Å². The van der Waals surface area contributed by atoms with Gasteiger partial charge in [0.05, 0.1) is 0 Å². The molecule has 0 N–H and O–H groups in total. The fraction of sp³-hybridized carbons (Fsp3) is 0.950. The van der Waals surface area contributed by atoms with Crippen LogP contribution in [0.5, 0.6) is 0 Å². The summed E-state index contributed by atoms with van der Waals surface area (Å²) in [5.41, 5.74) is 0.648. The lowest BCUT2D eigenvalue weighted by atomic mass is 9.58. The zero-order chi connectivity index (χ0) is 18.1. The fourth-order valence-corrected chi connectivity index (χ4v) is 4.39. The number of hydrogen-bond acceptors (Lipinski definition) is 1. The van der Waals surface area contributed by atoms with Gasteiger partial charge in [0, 0.05) is 19.5 Å². The summed E-state index contributed by atoms with van der Waals surface area (Å²) in [5.74, 6) is 0.710. The third-order valence-corrected chi connectivity index (χ3v) is 5.60. The first-order valence-electron chi connectivity index (χ1n) is 8.67. The first-order chi connectivity index (χ1) is 9.42. The molecule has 0 spiro atoms. The summed E-state index contributed by atoms with van der Waals surface area (Å²) in [7, 11) is 1.92. The van der Waals surface area contributed by atoms with Crippen LogP contribution in [0.25, 0.3) is 0 Å². The Morgan fingerprint density at radius 1 is 0.864 bits per heavy atom. The van der Waals surface area contributed by atoms with E-state index in [4.69, 9.17) is 0 Å². The molecular formula is C20H41NO. The van der Waals surface area contributed by atoms with Gasteiger partial charge in [-0.1, -0.05) is 55.4 Å². The van der Waals surface area contributed by atoms with Gasteiger partial charge in [-0.3, -0.25) is 4.79 Å². The highest BCUT2D eigenvalue weighted by Crippen LogP contribution is 2.49. The van der Waals surface area contributed by atoms with Crippen molar-refractivity contribution in [2.75, 3.05) is 7.05 Å². The lowest BCUT2D eigenvalue weighted by Gasteiger charge is -2.49. The van der Waals surface area contributed by atoms with Crippen LogP contribution in [-0.4, -0.2) is 23.4 Å². The highest BCUT2D eigenvalue weighted by Gasteiger charge is 2.43. The molecule has 0 radical (unpaired) electrons. The summed E-state index contributed by atoms with van der Waals surface area (Å²) in [5, 5.41) is 0. The number of carbonyl (C=O) groups excluding carboxylic acids is 1. The predicted octanol–water partition coefficient (Wildman–Crippen LogP) is 5.76. The molecule has 0 aromatic rings. The van der Waals surface area contributed by atoms with Gasteiger partial charge in [-0.2, -0.15) is 0 Å². The lowest BCUT2D eigenvalue weighted by molar-refractivity contribution is -0.133. The summed E-state index contributed by atoms with van der Waals surface area (Å²) >= 11 is 0. The molecule has 1 unspecified atom stereocenters. The van der Waals surface area contributed by atoms with Crippen molar-refractivity contribution in [2.45, 2.75) is 94.5 Å². The molecule has 0 saturated heterocycles. The largest absolute Gasteiger partial charge is 0.341 e. The molecule has 0 fully saturated rings. The van der Waals surface area contributed by atoms with Crippen LogP contribution in [0.2, 0.25) is 0 Å². The normalized spacial score (nSPS) is 15.6. The van der Waals surface area contributed by atoms with Crippen LogP contribution in [0.3, 0.4) is 0 Å². The van der Waals surface area contributed by atoms with Gasteiger partial charge in [0.25, 0.3) is 0 Å². The molecule has 2 heteroatoms. The summed E-state index contributed by atoms with van der Waals surface area (Å²) in [6, 6.07) is 0. The highest BCUT2D eigenvalue weighted by atomic mass is 16.2. The Morgan fingerprint density at radius 3 is 1.55 bits per heavy atom. The predicted molar refractivity (Wildman–Crippen MR) is 97.9 cm³/mol. The van der Waals surface area contributed by atoms with Gasteiger partial charge in [-0.05, 0) is 48.9 Å². The van der Waals surface area contributed by atoms with Crippen molar-refractivity contribution < 1.29 is 4.79 Å². The van der Waals surface area contributed by atoms with Crippen molar-refractivity contribution in [3.05, 3.63) is 0 Å². The molecule has 0 aliphatic carbocycles. The number of hydrogen-bond donors (Lipinski definition) is 0. The molecule has 132 valence electrons. The van der Waals surface area contributed by atoms with Crippen LogP contribution in [0.4, 0.5) is 0 Å². The Morgan fingerprint density at radius 2 is 1.23 bits per heavy atom. The summed E-state index contributed by atoms with van der Waals surface area (Å²) in [6.07, 6.45) is 2.21. The molecule has 0 aromatic carbocycles. The van der Waals surface area contributed by atoms with Crippen molar-refractivity contribution in [3.63, 3.8) is 0 Å². The molecule has 2 nitrogen and oxygen atoms in total. The third kappa shape index (κ3) is 5.93. The number of amides is 1. The van der Waals surface area contributed by atoms with Gasteiger partial charge in [-0.25, -0.2) is 0 Å². The molecule has 0 bridgehead atoms. The Hall–Kier alpha value is -0.530. The summed E-state index contributed by atoms with van der Waals surface area (Å²) in [6.45, 7) is 24.9. The van der Waals surface area contributed by atoms with Crippen LogP contribution in [-0.2, 0) is 4.79 Å². The Balaban J connectivity index is 5.26. The number of rotatable bonds is 6. The van der Waals surface area contributed by atoms with Gasteiger partial charge in [0.2, 0.25) is 5.91 Å². The van der Waals surface area contributed by atoms with E-state index in [-0.39, 0.29) is 22.3 Å². The Bertz CT molecular complexity index is 385. The fourth-order valence-electron chi connectivity index (χ4n) is 4.39. The highest BCUT2D eigenvalue weighted by molar-refractivity contribution is 5.73. The second-order valence-electron chi connectivity index (χ2n) is 10.5. The molecule has 0 rings (SSSR count). The van der Waals surface area contributed by atoms with E-state index in [1.807, 2.05) is 11.9 Å². The maximum Gasteiger partial charge on any atom is 0.219 e. The van der Waals surface area contributed by atoms with E-state index in [1.165, 1.54) is 6.42 Å². The van der Waals surface area contributed by atoms with Crippen molar-refractivity contribution in [1.82, 2.24) is 4.90 Å². The minimum Gasteiger partial charge on any atom is -0.341 e. The summed E-state index contributed by atoms with van der Waals surface area (Å²) < 4.78 is 0. The molecule has 22 heavy (non-hydrogen) atoms. The maximum absolute atomic E-state index is 11.8. The average Bonchev–Trinajstić information content (AvgIpc) is 2.21. The van der Waals surface area contributed by atoms with E-state index in [1.54, 1.807) is 6.92 Å². The van der Waals surface area contributed by atoms with Crippen LogP contribution in [0, 0.1) is 22.2 Å². The van der Waals surface area contributed by atoms with E-state index in [0.717, 1.165) is 6.42 Å². The van der Waals surface area contributed by atoms with Crippen molar-refractivity contribution in [3.8, 4) is 0 Å². The first-order valence-corrected chi connectivity index (χ1v) is 8.67. The monoisotopic (exact) mass is 311 g/mol. The van der Waals surface area contributed by atoms with E-state index in [2.05, 4.69) is 69.2 Å². The van der Waals surface area contributed by atoms with Crippen LogP contribution < -0.4 is 0 Å². The Kier molecular flexibility index (Phi) is 6.37. The minimum atomic E-state index is -0.124. The lowest BCUT2D eigenvalue weighted by Crippen LogP contribution is -2.49. The van der Waals surface area contributed by atoms with E-state index in [0.29, 0.717) is 11.3 Å². The van der Waals surface area contributed by atoms with Gasteiger partial charge in [0.15, 0.2) is 0 Å². The van der Waals surface area contributed by atoms with E-state index >= 15 is 0 Å². The molecular weight excluding hydrogens is 270 g/mol. The van der Waals surface area contributed by atoms with Crippen molar-refractivity contribution in [2.24, 2.45) is 22.2 Å². The van der Waals surface area contributed by atoms with Crippen LogP contribution >= 0.6 is 0 Å². The molecule has 0 saturated carbocycles. The van der Waals surface area contributed by atoms with Gasteiger partial charge in [0.1, 0.15) is 0 Å². The van der Waals surface area contributed by atoms with Crippen molar-refractivity contribution >= 4 is 5.91 Å². The first kappa shape index (κ1) is 21.5. The molecule has 0 aromatic heterocycles. The van der Waals surface area contributed by atoms with Crippen LogP contribution in [0.1, 0.15) is 89.0 Å². The summed E-state index contributed by atoms with van der Waals surface area (Å²) in [4.78, 5) is 13.6. The van der Waals surface area contributed by atoms with Gasteiger partial charge < -0.3 is 4.90 Å². The molecule has 1 amide bonds. The van der Waals surface area contributed by atoms with E-state index in [9.17, 15) is 4.79 Å². The standard InChI is InChI=1S/C20H41NO/c1-15(18(6,7)13-17(3,4)5)19(8,9)14-20(10,11)21(12)16(2)22/h15H,13-14H2,1-12H3.